The quantitative estimate of drug-likeness (QED) is 0.614. The highest BCUT2D eigenvalue weighted by Gasteiger charge is 2.69. The maximum Gasteiger partial charge on any atom is 0.124 e. The van der Waals surface area contributed by atoms with E-state index in [2.05, 4.69) is 20.8 Å². The van der Waals surface area contributed by atoms with E-state index < -0.39 is 0 Å². The smallest absolute Gasteiger partial charge is 0.124 e. The highest BCUT2D eigenvalue weighted by Crippen LogP contribution is 2.75. The van der Waals surface area contributed by atoms with Gasteiger partial charge in [-0.1, -0.05) is 27.2 Å². The molecule has 3 saturated carbocycles. The maximum atomic E-state index is 11.6. The minimum absolute atomic E-state index is 0.341. The van der Waals surface area contributed by atoms with Crippen molar-refractivity contribution in [2.75, 3.05) is 0 Å². The summed E-state index contributed by atoms with van der Waals surface area (Å²) in [6, 6.07) is 0. The first-order valence-electron chi connectivity index (χ1n) is 6.92. The Morgan fingerprint density at radius 2 is 1.88 bits per heavy atom. The molecule has 0 aromatic rings. The van der Waals surface area contributed by atoms with E-state index in [1.165, 1.54) is 44.8 Å². The number of rotatable bonds is 1. The van der Waals surface area contributed by atoms with Crippen LogP contribution in [0.1, 0.15) is 59.3 Å². The molecule has 2 bridgehead atoms. The molecule has 0 radical (unpaired) electrons. The maximum absolute atomic E-state index is 11.6. The van der Waals surface area contributed by atoms with Gasteiger partial charge in [0.1, 0.15) is 6.29 Å². The van der Waals surface area contributed by atoms with Crippen molar-refractivity contribution in [3.63, 3.8) is 0 Å². The van der Waals surface area contributed by atoms with Gasteiger partial charge in [0.25, 0.3) is 0 Å². The zero-order valence-corrected chi connectivity index (χ0v) is 10.9. The van der Waals surface area contributed by atoms with Crippen LogP contribution in [0.2, 0.25) is 0 Å². The van der Waals surface area contributed by atoms with Gasteiger partial charge in [0.2, 0.25) is 0 Å². The van der Waals surface area contributed by atoms with Gasteiger partial charge >= 0.3 is 0 Å². The van der Waals surface area contributed by atoms with E-state index in [9.17, 15) is 4.79 Å². The van der Waals surface area contributed by atoms with Gasteiger partial charge in [-0.3, -0.25) is 0 Å². The summed E-state index contributed by atoms with van der Waals surface area (Å²) in [6.07, 6.45) is 9.31. The summed E-state index contributed by atoms with van der Waals surface area (Å²) in [7, 11) is 0. The van der Waals surface area contributed by atoms with Crippen molar-refractivity contribution in [2.24, 2.45) is 28.1 Å². The van der Waals surface area contributed by atoms with Gasteiger partial charge in [0.05, 0.1) is 0 Å². The van der Waals surface area contributed by atoms with Crippen LogP contribution in [0.3, 0.4) is 0 Å². The fourth-order valence-corrected chi connectivity index (χ4v) is 5.84. The average Bonchev–Trinajstić information content (AvgIpc) is 2.62. The second-order valence-electron chi connectivity index (χ2n) is 7.49. The Kier molecular flexibility index (Phi) is 1.97. The Bertz CT molecular complexity index is 332. The third-order valence-corrected chi connectivity index (χ3v) is 6.61. The number of aldehydes is 1. The normalized spacial score (nSPS) is 53.7. The molecule has 0 amide bonds. The third-order valence-electron chi connectivity index (χ3n) is 6.61. The van der Waals surface area contributed by atoms with E-state index in [4.69, 9.17) is 0 Å². The average molecular weight is 220 g/mol. The zero-order valence-electron chi connectivity index (χ0n) is 10.9. The van der Waals surface area contributed by atoms with Crippen LogP contribution in [-0.4, -0.2) is 6.29 Å². The number of fused-ring (bicyclic) bond motifs is 1. The molecule has 1 nitrogen and oxygen atoms in total. The Morgan fingerprint density at radius 1 is 1.12 bits per heavy atom. The van der Waals surface area contributed by atoms with Crippen molar-refractivity contribution in [3.05, 3.63) is 0 Å². The van der Waals surface area contributed by atoms with Crippen molar-refractivity contribution in [1.82, 2.24) is 0 Å². The molecule has 0 aliphatic heterocycles. The highest BCUT2D eigenvalue weighted by molar-refractivity contribution is 5.60. The standard InChI is InChI=1S/C15H24O/c1-13(2)6-4-5-11-9-14(3)7-8-15(11,13)12(14)10-16/h10-12H,4-9H2,1-3H3/t11-,12+,14-,15-/m0/s1. The fraction of sp³-hybridized carbons (Fsp3) is 0.933. The molecule has 0 saturated heterocycles. The van der Waals surface area contributed by atoms with Crippen LogP contribution in [-0.2, 0) is 4.79 Å². The predicted molar refractivity (Wildman–Crippen MR) is 65.1 cm³/mol. The lowest BCUT2D eigenvalue weighted by molar-refractivity contribution is -0.122. The zero-order chi connectivity index (χ0) is 11.6. The molecule has 4 atom stereocenters. The van der Waals surface area contributed by atoms with Gasteiger partial charge in [0, 0.05) is 5.92 Å². The fourth-order valence-electron chi connectivity index (χ4n) is 5.84. The van der Waals surface area contributed by atoms with Crippen molar-refractivity contribution >= 4 is 6.29 Å². The van der Waals surface area contributed by atoms with Crippen LogP contribution in [0.15, 0.2) is 0 Å². The molecule has 0 aromatic heterocycles. The summed E-state index contributed by atoms with van der Waals surface area (Å²) in [5.74, 6) is 1.19. The molecule has 1 spiro atoms. The van der Waals surface area contributed by atoms with E-state index in [1.807, 2.05) is 0 Å². The molecule has 3 fully saturated rings. The SMILES string of the molecule is CC1(C)CCC[C@H]2C[C@]3(C)CC[C@@]21[C@@H]3C=O. The van der Waals surface area contributed by atoms with Gasteiger partial charge < -0.3 is 4.79 Å². The van der Waals surface area contributed by atoms with Crippen molar-refractivity contribution in [2.45, 2.75) is 59.3 Å². The van der Waals surface area contributed by atoms with Crippen molar-refractivity contribution < 1.29 is 4.79 Å². The lowest BCUT2D eigenvalue weighted by atomic mass is 9.51. The minimum atomic E-state index is 0.341. The van der Waals surface area contributed by atoms with Gasteiger partial charge in [-0.05, 0) is 54.3 Å². The summed E-state index contributed by atoms with van der Waals surface area (Å²) in [6.45, 7) is 7.22. The topological polar surface area (TPSA) is 17.1 Å². The summed E-state index contributed by atoms with van der Waals surface area (Å²) in [5.41, 5.74) is 1.09. The van der Waals surface area contributed by atoms with E-state index in [-0.39, 0.29) is 0 Å². The summed E-state index contributed by atoms with van der Waals surface area (Å²) in [5, 5.41) is 0. The lowest BCUT2D eigenvalue weighted by Crippen LogP contribution is -2.47. The van der Waals surface area contributed by atoms with Crippen LogP contribution < -0.4 is 0 Å². The number of carbonyl (C=O) groups is 1. The van der Waals surface area contributed by atoms with Crippen LogP contribution in [0.4, 0.5) is 0 Å². The van der Waals surface area contributed by atoms with Crippen molar-refractivity contribution in [3.8, 4) is 0 Å². The summed E-state index contributed by atoms with van der Waals surface area (Å²) >= 11 is 0. The molecule has 3 rings (SSSR count). The number of hydrogen-bond donors (Lipinski definition) is 0. The first-order valence-corrected chi connectivity index (χ1v) is 6.92. The molecular weight excluding hydrogens is 196 g/mol. The highest BCUT2D eigenvalue weighted by atomic mass is 16.1. The molecule has 0 aromatic carbocycles. The van der Waals surface area contributed by atoms with Crippen LogP contribution in [0.5, 0.6) is 0 Å². The van der Waals surface area contributed by atoms with Gasteiger partial charge in [-0.2, -0.15) is 0 Å². The first-order chi connectivity index (χ1) is 7.46. The van der Waals surface area contributed by atoms with Gasteiger partial charge in [0.15, 0.2) is 0 Å². The lowest BCUT2D eigenvalue weighted by Gasteiger charge is -2.53. The molecule has 0 N–H and O–H groups in total. The Morgan fingerprint density at radius 3 is 2.56 bits per heavy atom. The molecule has 1 heteroatoms. The largest absolute Gasteiger partial charge is 0.303 e. The predicted octanol–water partition coefficient (Wildman–Crippen LogP) is 3.82. The molecule has 3 aliphatic carbocycles. The first kappa shape index (κ1) is 10.8. The van der Waals surface area contributed by atoms with Gasteiger partial charge in [-0.25, -0.2) is 0 Å². The van der Waals surface area contributed by atoms with E-state index in [1.54, 1.807) is 0 Å². The van der Waals surface area contributed by atoms with Crippen LogP contribution in [0, 0.1) is 28.1 Å². The minimum Gasteiger partial charge on any atom is -0.303 e. The molecule has 3 aliphatic rings. The number of hydrogen-bond acceptors (Lipinski definition) is 1. The summed E-state index contributed by atoms with van der Waals surface area (Å²) < 4.78 is 0. The summed E-state index contributed by atoms with van der Waals surface area (Å²) in [4.78, 5) is 11.6. The Labute approximate surface area is 99.0 Å². The molecular formula is C15H24O. The van der Waals surface area contributed by atoms with E-state index in [0.717, 1.165) is 5.92 Å². The van der Waals surface area contributed by atoms with E-state index >= 15 is 0 Å². The van der Waals surface area contributed by atoms with Crippen LogP contribution >= 0.6 is 0 Å². The number of carbonyl (C=O) groups excluding carboxylic acids is 1. The third kappa shape index (κ3) is 0.966. The monoisotopic (exact) mass is 220 g/mol. The van der Waals surface area contributed by atoms with Crippen LogP contribution in [0.25, 0.3) is 0 Å². The second kappa shape index (κ2) is 2.91. The molecule has 0 unspecified atom stereocenters. The Hall–Kier alpha value is -0.330. The Balaban J connectivity index is 2.12. The molecule has 0 heterocycles. The molecule has 90 valence electrons. The van der Waals surface area contributed by atoms with Crippen molar-refractivity contribution in [1.29, 1.82) is 0 Å². The van der Waals surface area contributed by atoms with E-state index in [0.29, 0.717) is 22.2 Å². The van der Waals surface area contributed by atoms with Gasteiger partial charge in [-0.15, -0.1) is 0 Å². The molecule has 16 heavy (non-hydrogen) atoms. The second-order valence-corrected chi connectivity index (χ2v) is 7.49.